The molecule has 1 rings (SSSR count). The van der Waals surface area contributed by atoms with E-state index in [1.54, 1.807) is 0 Å². The van der Waals surface area contributed by atoms with Gasteiger partial charge < -0.3 is 10.2 Å². The minimum absolute atomic E-state index is 0.0564. The number of rotatable bonds is 2. The fourth-order valence-corrected chi connectivity index (χ4v) is 1.16. The van der Waals surface area contributed by atoms with Crippen LogP contribution in [0.25, 0.3) is 0 Å². The van der Waals surface area contributed by atoms with Crippen molar-refractivity contribution >= 4 is 23.4 Å². The van der Waals surface area contributed by atoms with Gasteiger partial charge in [0.2, 0.25) is 0 Å². The Kier molecular flexibility index (Phi) is 3.27. The van der Waals surface area contributed by atoms with E-state index < -0.39 is 18.5 Å². The molecule has 0 atom stereocenters. The smallest absolute Gasteiger partial charge is 0.409 e. The molecule has 0 saturated carbocycles. The maximum absolute atomic E-state index is 13.3. The highest BCUT2D eigenvalue weighted by atomic mass is 35.5. The summed E-state index contributed by atoms with van der Waals surface area (Å²) in [6.07, 6.45) is -1.38. The Bertz CT molecular complexity index is 370. The molecular weight excluding hydrogens is 213 g/mol. The predicted octanol–water partition coefficient (Wildman–Crippen LogP) is 2.06. The van der Waals surface area contributed by atoms with Crippen LogP contribution in [0.5, 0.6) is 0 Å². The second-order valence-electron chi connectivity index (χ2n) is 2.48. The van der Waals surface area contributed by atoms with E-state index in [-0.39, 0.29) is 16.3 Å². The summed E-state index contributed by atoms with van der Waals surface area (Å²) in [5, 5.41) is 19.0. The second-order valence-corrected chi connectivity index (χ2v) is 2.88. The van der Waals surface area contributed by atoms with Crippen molar-refractivity contribution in [1.29, 1.82) is 0 Å². The Labute approximate surface area is 83.9 Å². The predicted molar refractivity (Wildman–Crippen MR) is 49.0 cm³/mol. The molecule has 0 heterocycles. The van der Waals surface area contributed by atoms with E-state index in [2.05, 4.69) is 0 Å². The number of benzene rings is 1. The van der Waals surface area contributed by atoms with Crippen molar-refractivity contribution < 1.29 is 19.4 Å². The molecule has 0 aromatic heterocycles. The molecule has 1 amide bonds. The van der Waals surface area contributed by atoms with Crippen molar-refractivity contribution in [2.24, 2.45) is 0 Å². The van der Waals surface area contributed by atoms with Crippen LogP contribution in [0.2, 0.25) is 5.02 Å². The third kappa shape index (κ3) is 2.12. The fraction of sp³-hybridized carbons (Fsp3) is 0.125. The van der Waals surface area contributed by atoms with E-state index in [0.29, 0.717) is 0 Å². The average molecular weight is 220 g/mol. The van der Waals surface area contributed by atoms with Gasteiger partial charge in [-0.25, -0.2) is 9.18 Å². The van der Waals surface area contributed by atoms with Crippen LogP contribution in [0.1, 0.15) is 5.56 Å². The first-order valence-electron chi connectivity index (χ1n) is 3.64. The SMILES string of the molecule is O=C(O)Nc1ccc(Cl)c(CO)c1F. The summed E-state index contributed by atoms with van der Waals surface area (Å²) in [6.45, 7) is -0.584. The minimum atomic E-state index is -1.38. The van der Waals surface area contributed by atoms with Gasteiger partial charge in [0, 0.05) is 10.6 Å². The third-order valence-electron chi connectivity index (χ3n) is 1.59. The summed E-state index contributed by atoms with van der Waals surface area (Å²) in [5.74, 6) is -0.859. The number of carbonyl (C=O) groups is 1. The van der Waals surface area contributed by atoms with Crippen LogP contribution >= 0.6 is 11.6 Å². The fourth-order valence-electron chi connectivity index (χ4n) is 0.954. The molecule has 0 radical (unpaired) electrons. The van der Waals surface area contributed by atoms with Gasteiger partial charge in [0.15, 0.2) is 5.82 Å². The van der Waals surface area contributed by atoms with Gasteiger partial charge in [-0.05, 0) is 12.1 Å². The van der Waals surface area contributed by atoms with Gasteiger partial charge >= 0.3 is 6.09 Å². The van der Waals surface area contributed by atoms with Crippen LogP contribution < -0.4 is 5.32 Å². The molecule has 14 heavy (non-hydrogen) atoms. The highest BCUT2D eigenvalue weighted by Gasteiger charge is 2.12. The molecule has 0 aliphatic rings. The van der Waals surface area contributed by atoms with Crippen LogP contribution in [-0.4, -0.2) is 16.3 Å². The summed E-state index contributed by atoms with van der Waals surface area (Å²) in [5.41, 5.74) is -0.358. The van der Waals surface area contributed by atoms with Crippen LogP contribution in [0.15, 0.2) is 12.1 Å². The van der Waals surface area contributed by atoms with Crippen molar-refractivity contribution in [3.63, 3.8) is 0 Å². The minimum Gasteiger partial charge on any atom is -0.465 e. The number of amides is 1. The maximum Gasteiger partial charge on any atom is 0.409 e. The van der Waals surface area contributed by atoms with Crippen molar-refractivity contribution in [2.45, 2.75) is 6.61 Å². The number of aliphatic hydroxyl groups excluding tert-OH is 1. The molecule has 1 aromatic carbocycles. The van der Waals surface area contributed by atoms with E-state index in [4.69, 9.17) is 21.8 Å². The lowest BCUT2D eigenvalue weighted by Gasteiger charge is -2.07. The molecule has 0 aliphatic heterocycles. The largest absolute Gasteiger partial charge is 0.465 e. The lowest BCUT2D eigenvalue weighted by atomic mass is 10.2. The summed E-state index contributed by atoms with van der Waals surface area (Å²) >= 11 is 5.56. The summed E-state index contributed by atoms with van der Waals surface area (Å²) in [4.78, 5) is 10.2. The molecule has 0 spiro atoms. The number of anilines is 1. The van der Waals surface area contributed by atoms with Crippen LogP contribution in [0.3, 0.4) is 0 Å². The van der Waals surface area contributed by atoms with Gasteiger partial charge in [0.05, 0.1) is 12.3 Å². The monoisotopic (exact) mass is 219 g/mol. The number of halogens is 2. The zero-order valence-electron chi connectivity index (χ0n) is 6.92. The zero-order chi connectivity index (χ0) is 10.7. The molecule has 0 fully saturated rings. The van der Waals surface area contributed by atoms with Crippen molar-refractivity contribution in [2.75, 3.05) is 5.32 Å². The Hall–Kier alpha value is -1.33. The normalized spacial score (nSPS) is 9.93. The Morgan fingerprint density at radius 3 is 2.71 bits per heavy atom. The molecule has 0 saturated heterocycles. The first-order valence-corrected chi connectivity index (χ1v) is 4.01. The van der Waals surface area contributed by atoms with Crippen molar-refractivity contribution in [1.82, 2.24) is 0 Å². The first-order chi connectivity index (χ1) is 6.56. The number of aliphatic hydroxyl groups is 1. The summed E-state index contributed by atoms with van der Waals surface area (Å²) < 4.78 is 13.3. The highest BCUT2D eigenvalue weighted by Crippen LogP contribution is 2.25. The molecule has 4 nitrogen and oxygen atoms in total. The Morgan fingerprint density at radius 1 is 1.57 bits per heavy atom. The van der Waals surface area contributed by atoms with Gasteiger partial charge in [-0.3, -0.25) is 5.32 Å². The quantitative estimate of drug-likeness (QED) is 0.713. The molecule has 0 aliphatic carbocycles. The molecule has 0 unspecified atom stereocenters. The maximum atomic E-state index is 13.3. The number of hydrogen-bond donors (Lipinski definition) is 3. The zero-order valence-corrected chi connectivity index (χ0v) is 7.68. The van der Waals surface area contributed by atoms with Gasteiger partial charge in [-0.1, -0.05) is 11.6 Å². The van der Waals surface area contributed by atoms with E-state index in [1.807, 2.05) is 5.32 Å². The van der Waals surface area contributed by atoms with E-state index in [1.165, 1.54) is 12.1 Å². The molecule has 0 bridgehead atoms. The number of carboxylic acid groups (broad SMARTS) is 1. The lowest BCUT2D eigenvalue weighted by molar-refractivity contribution is 0.209. The van der Waals surface area contributed by atoms with Crippen LogP contribution in [0.4, 0.5) is 14.9 Å². The first kappa shape index (κ1) is 10.7. The summed E-state index contributed by atoms with van der Waals surface area (Å²) in [7, 11) is 0. The topological polar surface area (TPSA) is 69.6 Å². The van der Waals surface area contributed by atoms with E-state index >= 15 is 0 Å². The Balaban J connectivity index is 3.14. The number of hydrogen-bond acceptors (Lipinski definition) is 2. The molecule has 76 valence electrons. The molecule has 3 N–H and O–H groups in total. The lowest BCUT2D eigenvalue weighted by Crippen LogP contribution is -2.10. The Morgan fingerprint density at radius 2 is 2.21 bits per heavy atom. The van der Waals surface area contributed by atoms with E-state index in [9.17, 15) is 9.18 Å². The van der Waals surface area contributed by atoms with E-state index in [0.717, 1.165) is 0 Å². The molecule has 1 aromatic rings. The standard InChI is InChI=1S/C8H7ClFNO3/c9-5-1-2-6(11-8(13)14)7(10)4(5)3-12/h1-2,11-12H,3H2,(H,13,14). The molecule has 6 heteroatoms. The molecular formula is C8H7ClFNO3. The van der Waals surface area contributed by atoms with Crippen molar-refractivity contribution in [3.8, 4) is 0 Å². The van der Waals surface area contributed by atoms with Gasteiger partial charge in [-0.15, -0.1) is 0 Å². The third-order valence-corrected chi connectivity index (χ3v) is 1.94. The van der Waals surface area contributed by atoms with Gasteiger partial charge in [0.25, 0.3) is 0 Å². The van der Waals surface area contributed by atoms with Crippen LogP contribution in [0, 0.1) is 5.82 Å². The average Bonchev–Trinajstić information content (AvgIpc) is 2.10. The van der Waals surface area contributed by atoms with Gasteiger partial charge in [-0.2, -0.15) is 0 Å². The summed E-state index contributed by atoms with van der Waals surface area (Å²) in [6, 6.07) is 2.49. The van der Waals surface area contributed by atoms with Crippen LogP contribution in [-0.2, 0) is 6.61 Å². The van der Waals surface area contributed by atoms with Gasteiger partial charge in [0.1, 0.15) is 0 Å². The number of nitrogens with one attached hydrogen (secondary N) is 1. The highest BCUT2D eigenvalue weighted by molar-refractivity contribution is 6.31. The van der Waals surface area contributed by atoms with Crippen molar-refractivity contribution in [3.05, 3.63) is 28.5 Å². The second kappa shape index (κ2) is 4.26.